The Bertz CT molecular complexity index is 1100. The number of nitrogens with zero attached hydrogens (tertiary/aromatic N) is 6. The fraction of sp³-hybridized carbons (Fsp3) is 0.407. The summed E-state index contributed by atoms with van der Waals surface area (Å²) in [5.41, 5.74) is 2.54. The van der Waals surface area contributed by atoms with E-state index in [1.165, 1.54) is 17.5 Å². The Kier molecular flexibility index (Phi) is 6.90. The molecule has 0 radical (unpaired) electrons. The smallest absolute Gasteiger partial charge is 0.348 e. The fourth-order valence-electron chi connectivity index (χ4n) is 5.45. The molecule has 2 aliphatic heterocycles. The summed E-state index contributed by atoms with van der Waals surface area (Å²) in [7, 11) is 0. The molecule has 2 aromatic carbocycles. The lowest BCUT2D eigenvalue weighted by Crippen LogP contribution is -2.48. The Hall–Kier alpha value is -3.52. The van der Waals surface area contributed by atoms with Gasteiger partial charge in [0, 0.05) is 38.8 Å². The summed E-state index contributed by atoms with van der Waals surface area (Å²) >= 11 is 0. The van der Waals surface area contributed by atoms with Gasteiger partial charge < -0.3 is 9.80 Å². The number of benzene rings is 2. The molecule has 8 heteroatoms. The van der Waals surface area contributed by atoms with Crippen LogP contribution in [0.15, 0.2) is 67.0 Å². The molecule has 1 unspecified atom stereocenters. The number of nitro groups is 1. The van der Waals surface area contributed by atoms with Crippen LogP contribution in [0.1, 0.15) is 43.4 Å². The van der Waals surface area contributed by atoms with Crippen molar-refractivity contribution in [2.45, 2.75) is 38.3 Å². The number of piperidine rings is 1. The van der Waals surface area contributed by atoms with E-state index in [1.54, 1.807) is 0 Å². The van der Waals surface area contributed by atoms with Gasteiger partial charge in [0.05, 0.1) is 11.0 Å². The topological polar surface area (TPSA) is 78.6 Å². The lowest BCUT2D eigenvalue weighted by Gasteiger charge is -2.40. The Morgan fingerprint density at radius 3 is 2.03 bits per heavy atom. The van der Waals surface area contributed by atoms with Crippen LogP contribution in [-0.4, -0.2) is 58.6 Å². The van der Waals surface area contributed by atoms with E-state index in [0.29, 0.717) is 24.7 Å². The summed E-state index contributed by atoms with van der Waals surface area (Å²) in [6, 6.07) is 21.5. The average molecular weight is 473 g/mol. The van der Waals surface area contributed by atoms with E-state index in [4.69, 9.17) is 0 Å². The lowest BCUT2D eigenvalue weighted by atomic mass is 9.96. The van der Waals surface area contributed by atoms with Gasteiger partial charge in [0.15, 0.2) is 0 Å². The maximum absolute atomic E-state index is 12.2. The minimum atomic E-state index is -0.297. The Morgan fingerprint density at radius 2 is 1.46 bits per heavy atom. The van der Waals surface area contributed by atoms with E-state index >= 15 is 0 Å². The molecule has 0 bridgehead atoms. The van der Waals surface area contributed by atoms with Crippen LogP contribution in [0.2, 0.25) is 0 Å². The second-order valence-corrected chi connectivity index (χ2v) is 9.41. The van der Waals surface area contributed by atoms with Crippen LogP contribution < -0.4 is 9.80 Å². The van der Waals surface area contributed by atoms with E-state index < -0.39 is 0 Å². The van der Waals surface area contributed by atoms with E-state index in [0.717, 1.165) is 38.9 Å². The molecule has 3 heterocycles. The molecule has 0 aliphatic carbocycles. The van der Waals surface area contributed by atoms with Crippen LogP contribution in [0, 0.1) is 10.1 Å². The van der Waals surface area contributed by atoms with Gasteiger partial charge in [0.25, 0.3) is 0 Å². The van der Waals surface area contributed by atoms with Crippen molar-refractivity contribution in [3.8, 4) is 0 Å². The highest BCUT2D eigenvalue weighted by molar-refractivity contribution is 5.71. The van der Waals surface area contributed by atoms with Crippen LogP contribution in [0.3, 0.4) is 0 Å². The zero-order valence-electron chi connectivity index (χ0n) is 20.2. The molecule has 1 aromatic heterocycles. The van der Waals surface area contributed by atoms with E-state index in [-0.39, 0.29) is 22.7 Å². The van der Waals surface area contributed by atoms with Gasteiger partial charge in [-0.2, -0.15) is 0 Å². The summed E-state index contributed by atoms with van der Waals surface area (Å²) in [5.74, 6) is 0.898. The zero-order valence-corrected chi connectivity index (χ0v) is 20.2. The van der Waals surface area contributed by atoms with Crippen LogP contribution in [0.5, 0.6) is 0 Å². The van der Waals surface area contributed by atoms with E-state index in [1.807, 2.05) is 12.1 Å². The predicted molar refractivity (Wildman–Crippen MR) is 138 cm³/mol. The molecule has 5 rings (SSSR count). The van der Waals surface area contributed by atoms with Crippen molar-refractivity contribution < 1.29 is 4.92 Å². The Labute approximate surface area is 206 Å². The second kappa shape index (κ2) is 10.4. The quantitative estimate of drug-likeness (QED) is 0.381. The first kappa shape index (κ1) is 23.2. The summed E-state index contributed by atoms with van der Waals surface area (Å²) in [6.07, 6.45) is 4.69. The minimum absolute atomic E-state index is 0.0392. The Morgan fingerprint density at radius 1 is 0.857 bits per heavy atom. The van der Waals surface area contributed by atoms with Gasteiger partial charge in [-0.3, -0.25) is 15.0 Å². The van der Waals surface area contributed by atoms with Gasteiger partial charge in [-0.15, -0.1) is 0 Å². The number of rotatable bonds is 6. The fourth-order valence-corrected chi connectivity index (χ4v) is 5.45. The molecule has 3 aromatic rings. The highest BCUT2D eigenvalue weighted by Crippen LogP contribution is 2.38. The van der Waals surface area contributed by atoms with Crippen molar-refractivity contribution in [1.29, 1.82) is 0 Å². The molecule has 0 amide bonds. The first-order valence-electron chi connectivity index (χ1n) is 12.5. The van der Waals surface area contributed by atoms with Crippen molar-refractivity contribution in [3.05, 3.63) is 88.2 Å². The van der Waals surface area contributed by atoms with Gasteiger partial charge in [-0.1, -0.05) is 60.7 Å². The normalized spacial score (nSPS) is 19.2. The molecule has 8 nitrogen and oxygen atoms in total. The van der Waals surface area contributed by atoms with Gasteiger partial charge in [-0.25, -0.2) is 9.97 Å². The van der Waals surface area contributed by atoms with Crippen LogP contribution >= 0.6 is 0 Å². The lowest BCUT2D eigenvalue weighted by molar-refractivity contribution is -0.383. The van der Waals surface area contributed by atoms with Crippen molar-refractivity contribution >= 4 is 17.3 Å². The maximum atomic E-state index is 12.2. The van der Waals surface area contributed by atoms with Gasteiger partial charge in [0.2, 0.25) is 11.6 Å². The molecule has 2 fully saturated rings. The van der Waals surface area contributed by atoms with Crippen molar-refractivity contribution in [3.63, 3.8) is 0 Å². The molecular formula is C27H32N6O2. The van der Waals surface area contributed by atoms with E-state index in [2.05, 4.69) is 80.1 Å². The summed E-state index contributed by atoms with van der Waals surface area (Å²) in [6.45, 7) is 5.82. The monoisotopic (exact) mass is 472 g/mol. The summed E-state index contributed by atoms with van der Waals surface area (Å²) < 4.78 is 0. The van der Waals surface area contributed by atoms with Gasteiger partial charge in [0.1, 0.15) is 6.33 Å². The van der Waals surface area contributed by atoms with Crippen LogP contribution in [-0.2, 0) is 0 Å². The summed E-state index contributed by atoms with van der Waals surface area (Å²) in [4.78, 5) is 27.4. The summed E-state index contributed by atoms with van der Waals surface area (Å²) in [5, 5.41) is 12.2. The molecule has 0 spiro atoms. The van der Waals surface area contributed by atoms with Gasteiger partial charge in [-0.05, 0) is 37.3 Å². The number of hydrogen-bond donors (Lipinski definition) is 0. The number of hydrogen-bond acceptors (Lipinski definition) is 7. The maximum Gasteiger partial charge on any atom is 0.353 e. The van der Waals surface area contributed by atoms with Crippen molar-refractivity contribution in [1.82, 2.24) is 14.9 Å². The first-order chi connectivity index (χ1) is 17.1. The van der Waals surface area contributed by atoms with Crippen molar-refractivity contribution in [2.75, 3.05) is 42.5 Å². The molecule has 2 aliphatic rings. The predicted octanol–water partition coefficient (Wildman–Crippen LogP) is 4.68. The molecule has 0 saturated carbocycles. The standard InChI is InChI=1S/C27H32N6O2/c1-21-10-8-9-15-32(21)27-25(33(34)35)26(28-20-29-27)31-18-16-30(17-19-31)24(22-11-4-2-5-12-22)23-13-6-3-7-14-23/h2-7,11-14,20-21,24H,8-10,15-19H2,1H3. The molecule has 35 heavy (non-hydrogen) atoms. The second-order valence-electron chi connectivity index (χ2n) is 9.41. The molecule has 0 N–H and O–H groups in total. The highest BCUT2D eigenvalue weighted by atomic mass is 16.6. The first-order valence-corrected chi connectivity index (χ1v) is 12.5. The number of aromatic nitrogens is 2. The third-order valence-electron chi connectivity index (χ3n) is 7.25. The SMILES string of the molecule is CC1CCCCN1c1ncnc(N2CCN(C(c3ccccc3)c3ccccc3)CC2)c1[N+](=O)[O-]. The number of anilines is 2. The van der Waals surface area contributed by atoms with E-state index in [9.17, 15) is 10.1 Å². The van der Waals surface area contributed by atoms with Crippen LogP contribution in [0.4, 0.5) is 17.3 Å². The molecule has 182 valence electrons. The van der Waals surface area contributed by atoms with Gasteiger partial charge >= 0.3 is 5.69 Å². The molecule has 2 saturated heterocycles. The molecular weight excluding hydrogens is 440 g/mol. The van der Waals surface area contributed by atoms with Crippen molar-refractivity contribution in [2.24, 2.45) is 0 Å². The number of piperazine rings is 1. The minimum Gasteiger partial charge on any atom is -0.348 e. The average Bonchev–Trinajstić information content (AvgIpc) is 2.90. The third-order valence-corrected chi connectivity index (χ3v) is 7.25. The zero-order chi connectivity index (χ0) is 24.2. The molecule has 1 atom stereocenters. The third kappa shape index (κ3) is 4.84. The highest BCUT2D eigenvalue weighted by Gasteiger charge is 2.35. The largest absolute Gasteiger partial charge is 0.353 e. The van der Waals surface area contributed by atoms with Crippen LogP contribution in [0.25, 0.3) is 0 Å². The Balaban J connectivity index is 1.40.